The molecule has 42 heavy (non-hydrogen) atoms. The summed E-state index contributed by atoms with van der Waals surface area (Å²) in [5.41, 5.74) is 1.61. The van der Waals surface area contributed by atoms with Gasteiger partial charge in [0.05, 0.1) is 15.6 Å². The number of halogens is 4. The lowest BCUT2D eigenvalue weighted by atomic mass is 10.1. The van der Waals surface area contributed by atoms with Gasteiger partial charge in [0.25, 0.3) is 10.0 Å². The van der Waals surface area contributed by atoms with Crippen LogP contribution in [0.3, 0.4) is 0 Å². The molecule has 1 atom stereocenters. The molecule has 8 nitrogen and oxygen atoms in total. The highest BCUT2D eigenvalue weighted by Crippen LogP contribution is 2.32. The first kappa shape index (κ1) is 29.7. The molecule has 1 aliphatic heterocycles. The van der Waals surface area contributed by atoms with Gasteiger partial charge in [-0.15, -0.1) is 11.3 Å². The summed E-state index contributed by atoms with van der Waals surface area (Å²) in [6, 6.07) is 13.5. The second kappa shape index (κ2) is 12.2. The summed E-state index contributed by atoms with van der Waals surface area (Å²) in [6.07, 6.45) is 1.95. The van der Waals surface area contributed by atoms with Crippen LogP contribution in [0.4, 0.5) is 19.0 Å². The SMILES string of the molecule is O=C(NCc1cc(NCc2ccncc2)nc(-c2ccc(C(F)(F)F)cc2)c1)C1C=CCN1S(=O)(=O)c1ccc(Cl)s1. The van der Waals surface area contributed by atoms with Crippen LogP contribution in [0.5, 0.6) is 0 Å². The van der Waals surface area contributed by atoms with Crippen LogP contribution < -0.4 is 10.6 Å². The van der Waals surface area contributed by atoms with Gasteiger partial charge in [-0.1, -0.05) is 35.9 Å². The fourth-order valence-electron chi connectivity index (χ4n) is 4.27. The van der Waals surface area contributed by atoms with Crippen molar-refractivity contribution in [2.75, 3.05) is 11.9 Å². The average Bonchev–Trinajstić information content (AvgIpc) is 3.65. The molecule has 0 fully saturated rings. The lowest BCUT2D eigenvalue weighted by Gasteiger charge is -2.22. The minimum absolute atomic E-state index is 0.0159. The molecule has 3 aromatic heterocycles. The standard InChI is InChI=1S/C28H23ClF3N5O3S2/c29-24-7-8-26(41-24)42(39,40)37-13-1-2-23(37)27(38)35-17-19-14-22(20-3-5-21(6-4-20)28(30,31)32)36-25(15-19)34-16-18-9-11-33-12-10-18/h1-12,14-15,23H,13,16-17H2,(H,34,36)(H,35,38). The van der Waals surface area contributed by atoms with E-state index in [1.54, 1.807) is 30.6 Å². The van der Waals surface area contributed by atoms with E-state index >= 15 is 0 Å². The summed E-state index contributed by atoms with van der Waals surface area (Å²) < 4.78 is 67.0. The van der Waals surface area contributed by atoms with Gasteiger partial charge in [0, 0.05) is 37.6 Å². The van der Waals surface area contributed by atoms with Crippen LogP contribution >= 0.6 is 22.9 Å². The summed E-state index contributed by atoms with van der Waals surface area (Å²) in [5.74, 6) is -0.0952. The highest BCUT2D eigenvalue weighted by atomic mass is 35.5. The van der Waals surface area contributed by atoms with E-state index < -0.39 is 33.7 Å². The van der Waals surface area contributed by atoms with Crippen LogP contribution in [-0.4, -0.2) is 41.2 Å². The van der Waals surface area contributed by atoms with Crippen LogP contribution in [0.15, 0.2) is 89.4 Å². The number of carbonyl (C=O) groups is 1. The number of nitrogens with zero attached hydrogens (tertiary/aromatic N) is 3. The predicted octanol–water partition coefficient (Wildman–Crippen LogP) is 5.73. The normalized spacial score (nSPS) is 15.6. The van der Waals surface area contributed by atoms with Crippen LogP contribution in [0.1, 0.15) is 16.7 Å². The molecule has 0 bridgehead atoms. The summed E-state index contributed by atoms with van der Waals surface area (Å²) in [5, 5.41) is 5.97. The van der Waals surface area contributed by atoms with E-state index in [2.05, 4.69) is 20.6 Å². The zero-order valence-corrected chi connectivity index (χ0v) is 24.1. The summed E-state index contributed by atoms with van der Waals surface area (Å²) >= 11 is 6.83. The topological polar surface area (TPSA) is 104 Å². The number of amides is 1. The van der Waals surface area contributed by atoms with Crippen LogP contribution in [0.25, 0.3) is 11.3 Å². The maximum absolute atomic E-state index is 13.2. The van der Waals surface area contributed by atoms with Crippen LogP contribution in [0, 0.1) is 0 Å². The van der Waals surface area contributed by atoms with Gasteiger partial charge in [0.15, 0.2) is 0 Å². The van der Waals surface area contributed by atoms with Gasteiger partial charge in [-0.25, -0.2) is 13.4 Å². The third kappa shape index (κ3) is 6.81. The van der Waals surface area contributed by atoms with E-state index in [1.165, 1.54) is 30.3 Å². The molecule has 14 heteroatoms. The second-order valence-electron chi connectivity index (χ2n) is 9.25. The van der Waals surface area contributed by atoms with Gasteiger partial charge < -0.3 is 10.6 Å². The summed E-state index contributed by atoms with van der Waals surface area (Å²) in [6.45, 7) is 0.457. The molecule has 0 radical (unpaired) electrons. The summed E-state index contributed by atoms with van der Waals surface area (Å²) in [4.78, 5) is 21.7. The van der Waals surface area contributed by atoms with Crippen molar-refractivity contribution < 1.29 is 26.4 Å². The predicted molar refractivity (Wildman–Crippen MR) is 154 cm³/mol. The summed E-state index contributed by atoms with van der Waals surface area (Å²) in [7, 11) is -3.95. The molecule has 0 saturated heterocycles. The number of anilines is 1. The zero-order chi connectivity index (χ0) is 29.9. The molecule has 1 aromatic carbocycles. The third-order valence-corrected chi connectivity index (χ3v) is 9.92. The number of carbonyl (C=O) groups excluding carboxylic acids is 1. The number of pyridine rings is 2. The lowest BCUT2D eigenvalue weighted by Crippen LogP contribution is -2.45. The van der Waals surface area contributed by atoms with Crippen molar-refractivity contribution in [1.82, 2.24) is 19.6 Å². The Morgan fingerprint density at radius 3 is 2.43 bits per heavy atom. The Hall–Kier alpha value is -3.78. The molecule has 0 saturated carbocycles. The number of nitrogens with one attached hydrogen (secondary N) is 2. The van der Waals surface area contributed by atoms with E-state index in [1.807, 2.05) is 12.1 Å². The monoisotopic (exact) mass is 633 g/mol. The smallest absolute Gasteiger partial charge is 0.366 e. The van der Waals surface area contributed by atoms with Crippen molar-refractivity contribution in [2.45, 2.75) is 29.5 Å². The van der Waals surface area contributed by atoms with Gasteiger partial charge in [-0.2, -0.15) is 17.5 Å². The molecule has 2 N–H and O–H groups in total. The Kier molecular flexibility index (Phi) is 8.64. The Labute approximate surface area is 248 Å². The lowest BCUT2D eigenvalue weighted by molar-refractivity contribution is -0.137. The quantitative estimate of drug-likeness (QED) is 0.228. The minimum atomic E-state index is -4.47. The number of hydrogen-bond donors (Lipinski definition) is 2. The zero-order valence-electron chi connectivity index (χ0n) is 21.7. The molecule has 4 heterocycles. The fourth-order valence-corrected chi connectivity index (χ4v) is 7.38. The largest absolute Gasteiger partial charge is 0.416 e. The van der Waals surface area contributed by atoms with Gasteiger partial charge in [0.1, 0.15) is 16.1 Å². The molecule has 4 aromatic rings. The minimum Gasteiger partial charge on any atom is -0.366 e. The fraction of sp³-hybridized carbons (Fsp3) is 0.179. The van der Waals surface area contributed by atoms with E-state index in [-0.39, 0.29) is 17.3 Å². The van der Waals surface area contributed by atoms with Gasteiger partial charge in [-0.05, 0) is 59.7 Å². The highest BCUT2D eigenvalue weighted by molar-refractivity contribution is 7.91. The molecule has 1 unspecified atom stereocenters. The molecule has 0 aliphatic carbocycles. The van der Waals surface area contributed by atoms with Gasteiger partial charge in [-0.3, -0.25) is 9.78 Å². The number of alkyl halides is 3. The number of sulfonamides is 1. The Balaban J connectivity index is 1.36. The maximum atomic E-state index is 13.2. The molecule has 218 valence electrons. The molecule has 1 aliphatic rings. The Morgan fingerprint density at radius 1 is 1.02 bits per heavy atom. The molecule has 0 spiro atoms. The highest BCUT2D eigenvalue weighted by Gasteiger charge is 2.37. The molecular weight excluding hydrogens is 611 g/mol. The van der Waals surface area contributed by atoms with E-state index in [4.69, 9.17) is 11.6 Å². The number of thiophene rings is 1. The number of rotatable bonds is 9. The number of hydrogen-bond acceptors (Lipinski definition) is 7. The van der Waals surface area contributed by atoms with E-state index in [0.29, 0.717) is 33.5 Å². The van der Waals surface area contributed by atoms with E-state index in [0.717, 1.165) is 33.3 Å². The van der Waals surface area contributed by atoms with Crippen molar-refractivity contribution in [3.63, 3.8) is 0 Å². The average molecular weight is 634 g/mol. The van der Waals surface area contributed by atoms with Crippen molar-refractivity contribution in [2.24, 2.45) is 0 Å². The van der Waals surface area contributed by atoms with Crippen LogP contribution in [-0.2, 0) is 34.1 Å². The van der Waals surface area contributed by atoms with Gasteiger partial charge in [0.2, 0.25) is 5.91 Å². The first-order valence-electron chi connectivity index (χ1n) is 12.5. The molecule has 1 amide bonds. The first-order chi connectivity index (χ1) is 20.0. The molecular formula is C28H23ClF3N5O3S2. The van der Waals surface area contributed by atoms with Crippen LogP contribution in [0.2, 0.25) is 4.34 Å². The second-order valence-corrected chi connectivity index (χ2v) is 13.1. The van der Waals surface area contributed by atoms with Crippen molar-refractivity contribution >= 4 is 44.7 Å². The number of benzene rings is 1. The van der Waals surface area contributed by atoms with E-state index in [9.17, 15) is 26.4 Å². The Bertz CT molecular complexity index is 1710. The van der Waals surface area contributed by atoms with Crippen molar-refractivity contribution in [3.8, 4) is 11.3 Å². The van der Waals surface area contributed by atoms with Crippen molar-refractivity contribution in [3.05, 3.63) is 106 Å². The third-order valence-electron chi connectivity index (χ3n) is 6.38. The first-order valence-corrected chi connectivity index (χ1v) is 15.2. The molecule has 5 rings (SSSR count). The number of aromatic nitrogens is 2. The van der Waals surface area contributed by atoms with Crippen molar-refractivity contribution in [1.29, 1.82) is 0 Å². The Morgan fingerprint density at radius 2 is 1.76 bits per heavy atom. The van der Waals surface area contributed by atoms with Gasteiger partial charge >= 0.3 is 6.18 Å². The maximum Gasteiger partial charge on any atom is 0.416 e.